The largest absolute Gasteiger partial charge is 0.312 e. The molecule has 1 rings (SSSR count). The van der Waals surface area contributed by atoms with E-state index in [1.807, 2.05) is 0 Å². The number of hydrogen-bond acceptors (Lipinski definition) is 1. The summed E-state index contributed by atoms with van der Waals surface area (Å²) in [6.07, 6.45) is 0.669. The van der Waals surface area contributed by atoms with Gasteiger partial charge in [0, 0.05) is 17.1 Å². The molecule has 0 unspecified atom stereocenters. The maximum Gasteiger partial charge on any atom is 0.126 e. The maximum atomic E-state index is 13.7. The summed E-state index contributed by atoms with van der Waals surface area (Å²) in [5, 5.41) is 4.05. The van der Waals surface area contributed by atoms with Crippen molar-refractivity contribution in [2.75, 3.05) is 6.54 Å². The lowest BCUT2D eigenvalue weighted by Crippen LogP contribution is -2.42. The monoisotopic (exact) mass is 271 g/mol. The summed E-state index contributed by atoms with van der Waals surface area (Å²) in [6, 6.07) is 4.74. The summed E-state index contributed by atoms with van der Waals surface area (Å²) < 4.78 is 13.7. The highest BCUT2D eigenvalue weighted by Crippen LogP contribution is 2.25. The third-order valence-electron chi connectivity index (χ3n) is 2.77. The number of halogens is 2. The minimum atomic E-state index is -0.178. The highest BCUT2D eigenvalue weighted by atomic mass is 35.5. The molecule has 0 aliphatic rings. The highest BCUT2D eigenvalue weighted by molar-refractivity contribution is 6.30. The number of benzene rings is 1. The molecule has 0 heterocycles. The molecule has 0 aliphatic heterocycles. The smallest absolute Gasteiger partial charge is 0.126 e. The van der Waals surface area contributed by atoms with E-state index >= 15 is 0 Å². The Morgan fingerprint density at radius 1 is 1.17 bits per heavy atom. The number of nitrogens with one attached hydrogen (secondary N) is 1. The van der Waals surface area contributed by atoms with Crippen molar-refractivity contribution >= 4 is 11.6 Å². The van der Waals surface area contributed by atoms with Crippen molar-refractivity contribution in [3.63, 3.8) is 0 Å². The van der Waals surface area contributed by atoms with Gasteiger partial charge in [0.15, 0.2) is 0 Å². The Morgan fingerprint density at radius 2 is 1.78 bits per heavy atom. The zero-order chi connectivity index (χ0) is 14.0. The predicted molar refractivity (Wildman–Crippen MR) is 76.7 cm³/mol. The summed E-state index contributed by atoms with van der Waals surface area (Å²) in [5.41, 5.74) is 0.742. The molecule has 102 valence electrons. The van der Waals surface area contributed by atoms with Gasteiger partial charge in [0.2, 0.25) is 0 Å². The SMILES string of the molecule is CC(C)(CNC(C)(C)C)Cc1cc(Cl)ccc1F. The molecule has 0 aliphatic carbocycles. The fraction of sp³-hybridized carbons (Fsp3) is 0.600. The van der Waals surface area contributed by atoms with Crippen LogP contribution in [-0.2, 0) is 6.42 Å². The van der Waals surface area contributed by atoms with Crippen molar-refractivity contribution in [3.8, 4) is 0 Å². The van der Waals surface area contributed by atoms with Gasteiger partial charge in [0.1, 0.15) is 5.82 Å². The minimum Gasteiger partial charge on any atom is -0.312 e. The zero-order valence-corrected chi connectivity index (χ0v) is 12.7. The van der Waals surface area contributed by atoms with Gasteiger partial charge < -0.3 is 5.32 Å². The molecule has 0 radical (unpaired) electrons. The lowest BCUT2D eigenvalue weighted by molar-refractivity contribution is 0.286. The first-order chi connectivity index (χ1) is 8.09. The van der Waals surface area contributed by atoms with E-state index in [4.69, 9.17) is 11.6 Å². The molecule has 0 spiro atoms. The van der Waals surface area contributed by atoms with Crippen molar-refractivity contribution in [1.29, 1.82) is 0 Å². The van der Waals surface area contributed by atoms with E-state index in [0.717, 1.165) is 6.54 Å². The van der Waals surface area contributed by atoms with Crippen molar-refractivity contribution in [2.45, 2.75) is 46.6 Å². The third-order valence-corrected chi connectivity index (χ3v) is 3.01. The topological polar surface area (TPSA) is 12.0 Å². The summed E-state index contributed by atoms with van der Waals surface area (Å²) in [5.74, 6) is -0.178. The third kappa shape index (κ3) is 5.36. The average molecular weight is 272 g/mol. The van der Waals surface area contributed by atoms with Gasteiger partial charge in [0.05, 0.1) is 0 Å². The lowest BCUT2D eigenvalue weighted by atomic mass is 9.85. The van der Waals surface area contributed by atoms with Gasteiger partial charge in [-0.2, -0.15) is 0 Å². The summed E-state index contributed by atoms with van der Waals surface area (Å²) in [6.45, 7) is 11.5. The summed E-state index contributed by atoms with van der Waals surface area (Å²) in [7, 11) is 0. The first-order valence-electron chi connectivity index (χ1n) is 6.28. The van der Waals surface area contributed by atoms with E-state index in [-0.39, 0.29) is 16.8 Å². The Bertz CT molecular complexity index is 407. The van der Waals surface area contributed by atoms with Gasteiger partial charge >= 0.3 is 0 Å². The molecular weight excluding hydrogens is 249 g/mol. The Morgan fingerprint density at radius 3 is 2.33 bits per heavy atom. The molecule has 1 aromatic carbocycles. The molecule has 0 fully saturated rings. The zero-order valence-electron chi connectivity index (χ0n) is 11.9. The van der Waals surface area contributed by atoms with Gasteiger partial charge in [-0.05, 0) is 56.4 Å². The van der Waals surface area contributed by atoms with E-state index in [0.29, 0.717) is 17.0 Å². The van der Waals surface area contributed by atoms with Crippen LogP contribution in [0.2, 0.25) is 5.02 Å². The van der Waals surface area contributed by atoms with Crippen LogP contribution in [-0.4, -0.2) is 12.1 Å². The first kappa shape index (κ1) is 15.5. The summed E-state index contributed by atoms with van der Waals surface area (Å²) >= 11 is 5.91. The van der Waals surface area contributed by atoms with Crippen molar-refractivity contribution in [1.82, 2.24) is 5.32 Å². The van der Waals surface area contributed by atoms with Crippen molar-refractivity contribution in [3.05, 3.63) is 34.6 Å². The van der Waals surface area contributed by atoms with Gasteiger partial charge in [-0.15, -0.1) is 0 Å². The fourth-order valence-corrected chi connectivity index (χ4v) is 1.96. The number of hydrogen-bond donors (Lipinski definition) is 1. The van der Waals surface area contributed by atoms with Crippen LogP contribution in [0.3, 0.4) is 0 Å². The molecule has 0 saturated carbocycles. The molecule has 1 aromatic rings. The molecular formula is C15H23ClFN. The predicted octanol–water partition coefficient (Wildman–Crippen LogP) is 4.44. The van der Waals surface area contributed by atoms with Crippen LogP contribution in [0.15, 0.2) is 18.2 Å². The van der Waals surface area contributed by atoms with Crippen LogP contribution >= 0.6 is 11.6 Å². The van der Waals surface area contributed by atoms with Crippen LogP contribution in [0.25, 0.3) is 0 Å². The average Bonchev–Trinajstić information content (AvgIpc) is 2.20. The Kier molecular flexibility index (Phi) is 4.79. The molecule has 0 bridgehead atoms. The lowest BCUT2D eigenvalue weighted by Gasteiger charge is -2.30. The van der Waals surface area contributed by atoms with E-state index in [9.17, 15) is 4.39 Å². The molecule has 0 atom stereocenters. The Balaban J connectivity index is 2.72. The standard InChI is InChI=1S/C15H23ClFN/c1-14(2,3)18-10-15(4,5)9-11-8-12(16)6-7-13(11)17/h6-8,18H,9-10H2,1-5H3. The van der Waals surface area contributed by atoms with Gasteiger partial charge in [-0.25, -0.2) is 4.39 Å². The van der Waals surface area contributed by atoms with Crippen LogP contribution < -0.4 is 5.32 Å². The van der Waals surface area contributed by atoms with Gasteiger partial charge in [0.25, 0.3) is 0 Å². The van der Waals surface area contributed by atoms with E-state index < -0.39 is 0 Å². The highest BCUT2D eigenvalue weighted by Gasteiger charge is 2.22. The molecule has 1 N–H and O–H groups in total. The molecule has 0 aromatic heterocycles. The molecule has 0 amide bonds. The first-order valence-corrected chi connectivity index (χ1v) is 6.66. The minimum absolute atomic E-state index is 0.0151. The second-order valence-electron chi connectivity index (χ2n) is 6.68. The Hall–Kier alpha value is -0.600. The second-order valence-corrected chi connectivity index (χ2v) is 7.12. The van der Waals surface area contributed by atoms with Crippen LogP contribution in [0.5, 0.6) is 0 Å². The van der Waals surface area contributed by atoms with Gasteiger partial charge in [-0.3, -0.25) is 0 Å². The van der Waals surface area contributed by atoms with E-state index in [1.165, 1.54) is 6.07 Å². The summed E-state index contributed by atoms with van der Waals surface area (Å²) in [4.78, 5) is 0. The van der Waals surface area contributed by atoms with Crippen LogP contribution in [0.1, 0.15) is 40.2 Å². The number of rotatable bonds is 4. The Labute approximate surface area is 115 Å². The maximum absolute atomic E-state index is 13.7. The second kappa shape index (κ2) is 5.58. The molecule has 0 saturated heterocycles. The van der Waals surface area contributed by atoms with Gasteiger partial charge in [-0.1, -0.05) is 25.4 Å². The van der Waals surface area contributed by atoms with Crippen molar-refractivity contribution in [2.24, 2.45) is 5.41 Å². The van der Waals surface area contributed by atoms with Crippen molar-refractivity contribution < 1.29 is 4.39 Å². The van der Waals surface area contributed by atoms with E-state index in [1.54, 1.807) is 12.1 Å². The normalized spacial score (nSPS) is 12.8. The van der Waals surface area contributed by atoms with Crippen LogP contribution in [0.4, 0.5) is 4.39 Å². The fourth-order valence-electron chi connectivity index (χ4n) is 1.76. The van der Waals surface area contributed by atoms with Crippen LogP contribution in [0, 0.1) is 11.2 Å². The van der Waals surface area contributed by atoms with E-state index in [2.05, 4.69) is 39.9 Å². The molecule has 1 nitrogen and oxygen atoms in total. The quantitative estimate of drug-likeness (QED) is 0.854. The molecule has 3 heteroatoms. The molecule has 18 heavy (non-hydrogen) atoms.